The number of rotatable bonds is 2. The zero-order valence-corrected chi connectivity index (χ0v) is 17.3. The van der Waals surface area contributed by atoms with Crippen molar-refractivity contribution in [3.63, 3.8) is 0 Å². The van der Waals surface area contributed by atoms with Crippen molar-refractivity contribution in [3.05, 3.63) is 50.1 Å². The van der Waals surface area contributed by atoms with Crippen LogP contribution >= 0.6 is 22.9 Å². The Morgan fingerprint density at radius 3 is 2.64 bits per heavy atom. The van der Waals surface area contributed by atoms with Gasteiger partial charge < -0.3 is 15.1 Å². The Hall–Kier alpha value is -1.93. The monoisotopic (exact) mass is 415 g/mol. The van der Waals surface area contributed by atoms with E-state index in [0.29, 0.717) is 5.02 Å². The van der Waals surface area contributed by atoms with Crippen molar-refractivity contribution in [1.82, 2.24) is 19.8 Å². The molecule has 0 saturated carbocycles. The summed E-state index contributed by atoms with van der Waals surface area (Å²) in [5, 5.41) is 4.82. The molecule has 1 saturated heterocycles. The maximum atomic E-state index is 13.7. The zero-order valence-electron chi connectivity index (χ0n) is 15.7. The van der Waals surface area contributed by atoms with Gasteiger partial charge in [0.05, 0.1) is 11.1 Å². The number of anilines is 1. The predicted octanol–water partition coefficient (Wildman–Crippen LogP) is 2.50. The molecule has 3 aromatic rings. The summed E-state index contributed by atoms with van der Waals surface area (Å²) in [6, 6.07) is 7.45. The van der Waals surface area contributed by atoms with E-state index in [2.05, 4.69) is 22.2 Å². The molecular formula is C20H22ClN5OS. The number of hydrogen-bond acceptors (Lipinski definition) is 6. The molecule has 8 heteroatoms. The highest BCUT2D eigenvalue weighted by Crippen LogP contribution is 2.34. The van der Waals surface area contributed by atoms with Gasteiger partial charge in [-0.3, -0.25) is 4.79 Å². The van der Waals surface area contributed by atoms with E-state index < -0.39 is 0 Å². The van der Waals surface area contributed by atoms with Crippen LogP contribution in [0.1, 0.15) is 10.4 Å². The molecule has 2 aromatic heterocycles. The Balaban J connectivity index is 1.77. The SMILES string of the molecule is CN1CCc2c(sc3nc(N4CCNCC4)n(-c4ccc(Cl)cc4)c(=O)c23)C1. The van der Waals surface area contributed by atoms with Gasteiger partial charge in [-0.1, -0.05) is 11.6 Å². The fourth-order valence-electron chi connectivity index (χ4n) is 4.06. The third-order valence-electron chi connectivity index (χ3n) is 5.53. The largest absolute Gasteiger partial charge is 0.339 e. The average Bonchev–Trinajstić information content (AvgIpc) is 3.07. The zero-order chi connectivity index (χ0) is 19.3. The van der Waals surface area contributed by atoms with E-state index >= 15 is 0 Å². The quantitative estimate of drug-likeness (QED) is 0.697. The number of benzene rings is 1. The summed E-state index contributed by atoms with van der Waals surface area (Å²) in [6.45, 7) is 5.30. The first-order valence-corrected chi connectivity index (χ1v) is 10.8. The molecular weight excluding hydrogens is 394 g/mol. The molecule has 0 amide bonds. The van der Waals surface area contributed by atoms with Crippen molar-refractivity contribution in [2.24, 2.45) is 0 Å². The van der Waals surface area contributed by atoms with E-state index in [0.717, 1.165) is 67.5 Å². The molecule has 28 heavy (non-hydrogen) atoms. The summed E-state index contributed by atoms with van der Waals surface area (Å²) in [6.07, 6.45) is 0.899. The maximum absolute atomic E-state index is 13.7. The highest BCUT2D eigenvalue weighted by atomic mass is 35.5. The molecule has 1 N–H and O–H groups in total. The van der Waals surface area contributed by atoms with E-state index in [1.807, 2.05) is 24.3 Å². The molecule has 6 nitrogen and oxygen atoms in total. The fourth-order valence-corrected chi connectivity index (χ4v) is 5.47. The highest BCUT2D eigenvalue weighted by molar-refractivity contribution is 7.18. The van der Waals surface area contributed by atoms with Crippen LogP contribution in [0.4, 0.5) is 5.95 Å². The van der Waals surface area contributed by atoms with Crippen LogP contribution in [0, 0.1) is 0 Å². The van der Waals surface area contributed by atoms with Crippen molar-refractivity contribution in [3.8, 4) is 5.69 Å². The molecule has 0 aliphatic carbocycles. The summed E-state index contributed by atoms with van der Waals surface area (Å²) in [7, 11) is 2.12. The van der Waals surface area contributed by atoms with Crippen LogP contribution in [0.5, 0.6) is 0 Å². The Morgan fingerprint density at radius 1 is 1.14 bits per heavy atom. The van der Waals surface area contributed by atoms with Gasteiger partial charge in [0.25, 0.3) is 5.56 Å². The second-order valence-corrected chi connectivity index (χ2v) is 8.96. The van der Waals surface area contributed by atoms with Crippen LogP contribution < -0.4 is 15.8 Å². The fraction of sp³-hybridized carbons (Fsp3) is 0.400. The molecule has 5 rings (SSSR count). The minimum absolute atomic E-state index is 0.0305. The van der Waals surface area contributed by atoms with Crippen LogP contribution in [0.3, 0.4) is 0 Å². The summed E-state index contributed by atoms with van der Waals surface area (Å²) in [4.78, 5) is 25.4. The molecule has 1 fully saturated rings. The van der Waals surface area contributed by atoms with Gasteiger partial charge in [0.1, 0.15) is 4.83 Å². The molecule has 4 heterocycles. The molecule has 1 aromatic carbocycles. The minimum atomic E-state index is 0.0305. The first-order chi connectivity index (χ1) is 13.6. The van der Waals surface area contributed by atoms with Crippen LogP contribution in [0.2, 0.25) is 5.02 Å². The van der Waals surface area contributed by atoms with Gasteiger partial charge in [-0.15, -0.1) is 11.3 Å². The molecule has 146 valence electrons. The van der Waals surface area contributed by atoms with Gasteiger partial charge >= 0.3 is 0 Å². The van der Waals surface area contributed by atoms with E-state index in [1.54, 1.807) is 15.9 Å². The third-order valence-corrected chi connectivity index (χ3v) is 6.89. The maximum Gasteiger partial charge on any atom is 0.268 e. The Bertz CT molecular complexity index is 1080. The van der Waals surface area contributed by atoms with E-state index in [4.69, 9.17) is 16.6 Å². The van der Waals surface area contributed by atoms with Gasteiger partial charge in [-0.25, -0.2) is 9.55 Å². The van der Waals surface area contributed by atoms with Crippen LogP contribution in [-0.4, -0.2) is 54.2 Å². The van der Waals surface area contributed by atoms with Gasteiger partial charge in [-0.05, 0) is 43.3 Å². The Labute approximate surface area is 172 Å². The molecule has 2 aliphatic rings. The number of likely N-dealkylation sites (N-methyl/N-ethyl adjacent to an activating group) is 1. The van der Waals surface area contributed by atoms with Gasteiger partial charge in [0.2, 0.25) is 5.95 Å². The molecule has 2 aliphatic heterocycles. The second-order valence-electron chi connectivity index (χ2n) is 7.44. The first-order valence-electron chi connectivity index (χ1n) is 9.59. The number of piperazine rings is 1. The van der Waals surface area contributed by atoms with Crippen LogP contribution in [0.25, 0.3) is 15.9 Å². The number of hydrogen-bond donors (Lipinski definition) is 1. The van der Waals surface area contributed by atoms with E-state index in [9.17, 15) is 4.79 Å². The number of fused-ring (bicyclic) bond motifs is 3. The number of halogens is 1. The van der Waals surface area contributed by atoms with E-state index in [1.165, 1.54) is 10.4 Å². The predicted molar refractivity (Wildman–Crippen MR) is 115 cm³/mol. The standard InChI is InChI=1S/C20H22ClN5OS/c1-24-9-6-15-16(12-24)28-18-17(15)19(27)26(14-4-2-13(21)3-5-14)20(23-18)25-10-7-22-8-11-25/h2-5,22H,6-12H2,1H3. The Kier molecular flexibility index (Phi) is 4.63. The molecule has 0 bridgehead atoms. The molecule has 0 atom stereocenters. The second kappa shape index (κ2) is 7.15. The highest BCUT2D eigenvalue weighted by Gasteiger charge is 2.26. The average molecular weight is 416 g/mol. The van der Waals surface area contributed by atoms with Crippen molar-refractivity contribution in [1.29, 1.82) is 0 Å². The lowest BCUT2D eigenvalue weighted by molar-refractivity contribution is 0.318. The molecule has 0 unspecified atom stereocenters. The normalized spacial score (nSPS) is 17.9. The van der Waals surface area contributed by atoms with Crippen molar-refractivity contribution >= 4 is 39.1 Å². The summed E-state index contributed by atoms with van der Waals surface area (Å²) >= 11 is 7.76. The van der Waals surface area contributed by atoms with Crippen molar-refractivity contribution in [2.45, 2.75) is 13.0 Å². The minimum Gasteiger partial charge on any atom is -0.339 e. The summed E-state index contributed by atoms with van der Waals surface area (Å²) < 4.78 is 1.77. The van der Waals surface area contributed by atoms with Crippen molar-refractivity contribution in [2.75, 3.05) is 44.7 Å². The molecule has 0 spiro atoms. The smallest absolute Gasteiger partial charge is 0.268 e. The molecule has 0 radical (unpaired) electrons. The third kappa shape index (κ3) is 3.03. The number of nitrogens with zero attached hydrogens (tertiary/aromatic N) is 4. The van der Waals surface area contributed by atoms with Crippen LogP contribution in [-0.2, 0) is 13.0 Å². The van der Waals surface area contributed by atoms with Gasteiger partial charge in [-0.2, -0.15) is 0 Å². The van der Waals surface area contributed by atoms with Gasteiger partial charge in [0.15, 0.2) is 0 Å². The number of thiophene rings is 1. The summed E-state index contributed by atoms with van der Waals surface area (Å²) in [5.74, 6) is 0.730. The van der Waals surface area contributed by atoms with Crippen LogP contribution in [0.15, 0.2) is 29.1 Å². The summed E-state index contributed by atoms with van der Waals surface area (Å²) in [5.41, 5.74) is 2.03. The number of aromatic nitrogens is 2. The van der Waals surface area contributed by atoms with E-state index in [-0.39, 0.29) is 5.56 Å². The Morgan fingerprint density at radius 2 is 1.89 bits per heavy atom. The van der Waals surface area contributed by atoms with Gasteiger partial charge in [0, 0.05) is 49.2 Å². The number of nitrogens with one attached hydrogen (secondary N) is 1. The lowest BCUT2D eigenvalue weighted by atomic mass is 10.1. The first kappa shape index (κ1) is 18.1. The lowest BCUT2D eigenvalue weighted by Gasteiger charge is -2.30. The van der Waals surface area contributed by atoms with Crippen molar-refractivity contribution < 1.29 is 0 Å². The lowest BCUT2D eigenvalue weighted by Crippen LogP contribution is -2.46. The topological polar surface area (TPSA) is 53.4 Å².